The lowest BCUT2D eigenvalue weighted by atomic mass is 10.1. The fraction of sp³-hybridized carbons (Fsp3) is 0.588. The van der Waals surface area contributed by atoms with Gasteiger partial charge in [-0.25, -0.2) is 0 Å². The number of hydrogen-bond donors (Lipinski definition) is 1. The SMILES string of the molecule is O=C(CNCc1ccc(C2CC2)cc1)N1CCCCC1. The summed E-state index contributed by atoms with van der Waals surface area (Å²) in [6.45, 7) is 3.13. The number of hydrogen-bond acceptors (Lipinski definition) is 2. The Kier molecular flexibility index (Phi) is 4.36. The van der Waals surface area contributed by atoms with Crippen molar-refractivity contribution < 1.29 is 4.79 Å². The third-order valence-corrected chi connectivity index (χ3v) is 4.34. The lowest BCUT2D eigenvalue weighted by Gasteiger charge is -2.26. The summed E-state index contributed by atoms with van der Waals surface area (Å²) in [5.41, 5.74) is 2.74. The van der Waals surface area contributed by atoms with Crippen LogP contribution in [0.2, 0.25) is 0 Å². The highest BCUT2D eigenvalue weighted by molar-refractivity contribution is 5.78. The lowest BCUT2D eigenvalue weighted by Crippen LogP contribution is -2.40. The Morgan fingerprint density at radius 1 is 1.10 bits per heavy atom. The molecule has 2 aliphatic rings. The number of benzene rings is 1. The van der Waals surface area contributed by atoms with Crippen molar-refractivity contribution in [1.29, 1.82) is 0 Å². The molecule has 1 N–H and O–H groups in total. The van der Waals surface area contributed by atoms with Gasteiger partial charge in [-0.05, 0) is 49.1 Å². The first-order valence-electron chi connectivity index (χ1n) is 7.90. The van der Waals surface area contributed by atoms with E-state index in [1.807, 2.05) is 4.90 Å². The van der Waals surface area contributed by atoms with E-state index < -0.39 is 0 Å². The third kappa shape index (κ3) is 3.60. The van der Waals surface area contributed by atoms with Crippen LogP contribution in [0.3, 0.4) is 0 Å². The Morgan fingerprint density at radius 2 is 1.80 bits per heavy atom. The molecule has 3 rings (SSSR count). The fourth-order valence-electron chi connectivity index (χ4n) is 2.89. The number of carbonyl (C=O) groups excluding carboxylic acids is 1. The van der Waals surface area contributed by atoms with Gasteiger partial charge in [-0.15, -0.1) is 0 Å². The normalized spacial score (nSPS) is 19.1. The summed E-state index contributed by atoms with van der Waals surface area (Å²) in [7, 11) is 0. The molecule has 3 nitrogen and oxygen atoms in total. The molecule has 1 aromatic carbocycles. The lowest BCUT2D eigenvalue weighted by molar-refractivity contribution is -0.131. The quantitative estimate of drug-likeness (QED) is 0.894. The molecule has 1 aromatic rings. The van der Waals surface area contributed by atoms with Crippen LogP contribution in [0.4, 0.5) is 0 Å². The van der Waals surface area contributed by atoms with E-state index in [0.717, 1.165) is 38.4 Å². The van der Waals surface area contributed by atoms with Crippen LogP contribution < -0.4 is 5.32 Å². The second kappa shape index (κ2) is 6.40. The maximum atomic E-state index is 12.0. The molecule has 1 saturated carbocycles. The molecule has 1 aliphatic carbocycles. The molecule has 1 heterocycles. The van der Waals surface area contributed by atoms with E-state index in [4.69, 9.17) is 0 Å². The molecule has 108 valence electrons. The van der Waals surface area contributed by atoms with Crippen molar-refractivity contribution >= 4 is 5.91 Å². The maximum absolute atomic E-state index is 12.0. The van der Waals surface area contributed by atoms with Crippen LogP contribution in [0.5, 0.6) is 0 Å². The number of rotatable bonds is 5. The van der Waals surface area contributed by atoms with Crippen LogP contribution in [0, 0.1) is 0 Å². The first-order chi connectivity index (χ1) is 9.83. The van der Waals surface area contributed by atoms with Crippen molar-refractivity contribution in [3.63, 3.8) is 0 Å². The molecule has 20 heavy (non-hydrogen) atoms. The number of likely N-dealkylation sites (tertiary alicyclic amines) is 1. The summed E-state index contributed by atoms with van der Waals surface area (Å²) >= 11 is 0. The predicted octanol–water partition coefficient (Wildman–Crippen LogP) is 2.67. The van der Waals surface area contributed by atoms with E-state index in [0.29, 0.717) is 6.54 Å². The van der Waals surface area contributed by atoms with Crippen LogP contribution in [0.15, 0.2) is 24.3 Å². The summed E-state index contributed by atoms with van der Waals surface area (Å²) in [4.78, 5) is 14.0. The molecule has 1 aliphatic heterocycles. The fourth-order valence-corrected chi connectivity index (χ4v) is 2.89. The van der Waals surface area contributed by atoms with Gasteiger partial charge in [0.25, 0.3) is 0 Å². The van der Waals surface area contributed by atoms with E-state index in [1.54, 1.807) is 0 Å². The molecular weight excluding hydrogens is 248 g/mol. The highest BCUT2D eigenvalue weighted by Crippen LogP contribution is 2.39. The van der Waals surface area contributed by atoms with Crippen molar-refractivity contribution in [2.75, 3.05) is 19.6 Å². The van der Waals surface area contributed by atoms with Gasteiger partial charge in [0.2, 0.25) is 5.91 Å². The van der Waals surface area contributed by atoms with E-state index in [1.165, 1.54) is 30.4 Å². The molecule has 1 amide bonds. The summed E-state index contributed by atoms with van der Waals surface area (Å²) in [5, 5.41) is 3.27. The molecule has 0 unspecified atom stereocenters. The molecule has 0 bridgehead atoms. The minimum absolute atomic E-state index is 0.249. The summed E-state index contributed by atoms with van der Waals surface area (Å²) in [6, 6.07) is 8.85. The molecule has 0 radical (unpaired) electrons. The zero-order valence-corrected chi connectivity index (χ0v) is 12.1. The second-order valence-electron chi connectivity index (χ2n) is 6.06. The highest BCUT2D eigenvalue weighted by atomic mass is 16.2. The van der Waals surface area contributed by atoms with Gasteiger partial charge < -0.3 is 10.2 Å². The number of piperidine rings is 1. The van der Waals surface area contributed by atoms with Crippen molar-refractivity contribution in [2.24, 2.45) is 0 Å². The summed E-state index contributed by atoms with van der Waals surface area (Å²) in [5.74, 6) is 1.07. The first kappa shape index (κ1) is 13.6. The topological polar surface area (TPSA) is 32.3 Å². The number of carbonyl (C=O) groups is 1. The maximum Gasteiger partial charge on any atom is 0.236 e. The van der Waals surface area contributed by atoms with Crippen molar-refractivity contribution in [3.8, 4) is 0 Å². The summed E-state index contributed by atoms with van der Waals surface area (Å²) in [6.07, 6.45) is 6.29. The van der Waals surface area contributed by atoms with E-state index in [-0.39, 0.29) is 5.91 Å². The van der Waals surface area contributed by atoms with Crippen molar-refractivity contribution in [1.82, 2.24) is 10.2 Å². The minimum atomic E-state index is 0.249. The zero-order valence-electron chi connectivity index (χ0n) is 12.1. The molecule has 3 heteroatoms. The molecule has 0 atom stereocenters. The Balaban J connectivity index is 1.41. The standard InChI is InChI=1S/C17H24N2O/c20-17(19-10-2-1-3-11-19)13-18-12-14-4-6-15(7-5-14)16-8-9-16/h4-7,16,18H,1-3,8-13H2. The van der Waals surface area contributed by atoms with Crippen molar-refractivity contribution in [2.45, 2.75) is 44.6 Å². The summed E-state index contributed by atoms with van der Waals surface area (Å²) < 4.78 is 0. The van der Waals surface area contributed by atoms with Gasteiger partial charge in [-0.3, -0.25) is 4.79 Å². The van der Waals surface area contributed by atoms with E-state index in [9.17, 15) is 4.79 Å². The number of nitrogens with zero attached hydrogens (tertiary/aromatic N) is 1. The monoisotopic (exact) mass is 272 g/mol. The van der Waals surface area contributed by atoms with Gasteiger partial charge in [0, 0.05) is 19.6 Å². The molecule has 1 saturated heterocycles. The molecule has 0 aromatic heterocycles. The molecular formula is C17H24N2O. The highest BCUT2D eigenvalue weighted by Gasteiger charge is 2.22. The first-order valence-corrected chi connectivity index (χ1v) is 7.90. The van der Waals surface area contributed by atoms with Gasteiger partial charge in [-0.1, -0.05) is 24.3 Å². The molecule has 2 fully saturated rings. The average molecular weight is 272 g/mol. The van der Waals surface area contributed by atoms with Crippen LogP contribution in [-0.4, -0.2) is 30.4 Å². The van der Waals surface area contributed by atoms with Crippen LogP contribution >= 0.6 is 0 Å². The average Bonchev–Trinajstić information content (AvgIpc) is 3.33. The minimum Gasteiger partial charge on any atom is -0.342 e. The Hall–Kier alpha value is -1.35. The number of nitrogens with one attached hydrogen (secondary N) is 1. The van der Waals surface area contributed by atoms with Gasteiger partial charge in [-0.2, -0.15) is 0 Å². The zero-order chi connectivity index (χ0) is 13.8. The second-order valence-corrected chi connectivity index (χ2v) is 6.06. The predicted molar refractivity (Wildman–Crippen MR) is 80.6 cm³/mol. The largest absolute Gasteiger partial charge is 0.342 e. The van der Waals surface area contributed by atoms with E-state index >= 15 is 0 Å². The molecule has 0 spiro atoms. The van der Waals surface area contributed by atoms with Gasteiger partial charge in [0.1, 0.15) is 0 Å². The van der Waals surface area contributed by atoms with Crippen molar-refractivity contribution in [3.05, 3.63) is 35.4 Å². The van der Waals surface area contributed by atoms with Gasteiger partial charge >= 0.3 is 0 Å². The van der Waals surface area contributed by atoms with Crippen LogP contribution in [0.1, 0.15) is 49.1 Å². The van der Waals surface area contributed by atoms with Gasteiger partial charge in [0.15, 0.2) is 0 Å². The third-order valence-electron chi connectivity index (χ3n) is 4.34. The Bertz CT molecular complexity index is 445. The van der Waals surface area contributed by atoms with E-state index in [2.05, 4.69) is 29.6 Å². The van der Waals surface area contributed by atoms with Gasteiger partial charge in [0.05, 0.1) is 6.54 Å². The number of amides is 1. The Morgan fingerprint density at radius 3 is 2.45 bits per heavy atom. The van der Waals surface area contributed by atoms with Crippen LogP contribution in [0.25, 0.3) is 0 Å². The van der Waals surface area contributed by atoms with Crippen LogP contribution in [-0.2, 0) is 11.3 Å². The smallest absolute Gasteiger partial charge is 0.236 e. The Labute approximate surface area is 121 Å².